The Labute approximate surface area is 220 Å². The van der Waals surface area contributed by atoms with E-state index in [1.54, 1.807) is 23.5 Å². The van der Waals surface area contributed by atoms with Gasteiger partial charge >= 0.3 is 0 Å². The lowest BCUT2D eigenvalue weighted by molar-refractivity contribution is 0.205. The van der Waals surface area contributed by atoms with Crippen LogP contribution < -0.4 is 5.32 Å². The Morgan fingerprint density at radius 3 is 2.69 bits per heavy atom. The third kappa shape index (κ3) is 4.74. The van der Waals surface area contributed by atoms with E-state index >= 15 is 0 Å². The number of fused-ring (bicyclic) bond motifs is 2. The average Bonchev–Trinajstić information content (AvgIpc) is 3.50. The average molecular weight is 521 g/mol. The fourth-order valence-electron chi connectivity index (χ4n) is 6.13. The highest BCUT2D eigenvalue weighted by Gasteiger charge is 2.40. The largest absolute Gasteiger partial charge is 0.369 e. The molecule has 1 saturated heterocycles. The fraction of sp³-hybridized carbons (Fsp3) is 0.379. The number of benzene rings is 2. The Bertz CT molecular complexity index is 1370. The summed E-state index contributed by atoms with van der Waals surface area (Å²) < 4.78 is 13.4. The van der Waals surface area contributed by atoms with Crippen LogP contribution in [0.15, 0.2) is 54.6 Å². The highest BCUT2D eigenvalue weighted by atomic mass is 35.5. The predicted molar refractivity (Wildman–Crippen MR) is 148 cm³/mol. The van der Waals surface area contributed by atoms with Crippen LogP contribution in [0, 0.1) is 17.7 Å². The molecule has 3 unspecified atom stereocenters. The second-order valence-electron chi connectivity index (χ2n) is 10.2. The third-order valence-electron chi connectivity index (χ3n) is 7.90. The van der Waals surface area contributed by atoms with Crippen LogP contribution in [0.1, 0.15) is 32.1 Å². The molecular weight excluding hydrogens is 491 g/mol. The van der Waals surface area contributed by atoms with E-state index in [2.05, 4.69) is 17.3 Å². The molecule has 4 aromatic rings. The van der Waals surface area contributed by atoms with Crippen molar-refractivity contribution in [1.82, 2.24) is 14.9 Å². The molecule has 7 heteroatoms. The quantitative estimate of drug-likeness (QED) is 0.282. The van der Waals surface area contributed by atoms with Gasteiger partial charge < -0.3 is 10.2 Å². The SMILES string of the molecule is CN1CC(CCNc2nc(-c3ccc(-c4ccc(F)cc4)s3)nc3cc(Cl)ccc23)C2CCCCC21. The lowest BCUT2D eigenvalue weighted by atomic mass is 9.78. The number of nitrogens with one attached hydrogen (secondary N) is 1. The molecule has 0 amide bonds. The van der Waals surface area contributed by atoms with Gasteiger partial charge in [-0.2, -0.15) is 0 Å². The summed E-state index contributed by atoms with van der Waals surface area (Å²) in [5.74, 6) is 2.88. The zero-order chi connectivity index (χ0) is 24.6. The van der Waals surface area contributed by atoms with Crippen molar-refractivity contribution in [3.8, 4) is 21.1 Å². The van der Waals surface area contributed by atoms with E-state index in [0.717, 1.165) is 62.9 Å². The number of aromatic nitrogens is 2. The van der Waals surface area contributed by atoms with Crippen LogP contribution in [0.5, 0.6) is 0 Å². The van der Waals surface area contributed by atoms with Crippen LogP contribution in [-0.2, 0) is 0 Å². The molecule has 36 heavy (non-hydrogen) atoms. The Hall–Kier alpha value is -2.54. The molecule has 1 saturated carbocycles. The first-order valence-electron chi connectivity index (χ1n) is 12.8. The topological polar surface area (TPSA) is 41.0 Å². The number of rotatable bonds is 6. The van der Waals surface area contributed by atoms with E-state index in [0.29, 0.717) is 10.8 Å². The summed E-state index contributed by atoms with van der Waals surface area (Å²) in [6, 6.07) is 17.2. The van der Waals surface area contributed by atoms with Gasteiger partial charge in [-0.15, -0.1) is 11.3 Å². The van der Waals surface area contributed by atoms with Gasteiger partial charge in [0.15, 0.2) is 5.82 Å². The monoisotopic (exact) mass is 520 g/mol. The van der Waals surface area contributed by atoms with Gasteiger partial charge in [-0.25, -0.2) is 14.4 Å². The van der Waals surface area contributed by atoms with Crippen LogP contribution in [0.3, 0.4) is 0 Å². The predicted octanol–water partition coefficient (Wildman–Crippen LogP) is 7.74. The van der Waals surface area contributed by atoms with E-state index < -0.39 is 0 Å². The van der Waals surface area contributed by atoms with Crippen molar-refractivity contribution >= 4 is 39.7 Å². The minimum Gasteiger partial charge on any atom is -0.369 e. The molecule has 0 bridgehead atoms. The van der Waals surface area contributed by atoms with Gasteiger partial charge in [0.1, 0.15) is 11.6 Å². The standard InChI is InChI=1S/C29H30ClFN4S/c1-35-17-19(22-4-2-3-5-25(22)35)14-15-32-28-23-11-8-20(30)16-24(23)33-29(34-28)27-13-12-26(36-27)18-6-9-21(31)10-7-18/h6-13,16,19,22,25H,2-5,14-15,17H2,1H3,(H,32,33,34). The molecule has 1 N–H and O–H groups in total. The molecule has 2 fully saturated rings. The van der Waals surface area contributed by atoms with Crippen molar-refractivity contribution in [2.45, 2.75) is 38.1 Å². The van der Waals surface area contributed by atoms with Crippen molar-refractivity contribution in [3.05, 3.63) is 65.4 Å². The molecule has 6 rings (SSSR count). The van der Waals surface area contributed by atoms with Crippen LogP contribution in [0.2, 0.25) is 5.02 Å². The summed E-state index contributed by atoms with van der Waals surface area (Å²) >= 11 is 7.93. The molecule has 4 nitrogen and oxygen atoms in total. The van der Waals surface area contributed by atoms with Crippen molar-refractivity contribution < 1.29 is 4.39 Å². The fourth-order valence-corrected chi connectivity index (χ4v) is 7.25. The van der Waals surface area contributed by atoms with Gasteiger partial charge in [-0.05, 0) is 86.2 Å². The number of hydrogen-bond acceptors (Lipinski definition) is 5. The van der Waals surface area contributed by atoms with E-state index in [1.165, 1.54) is 44.4 Å². The number of halogens is 2. The summed E-state index contributed by atoms with van der Waals surface area (Å²) in [7, 11) is 2.30. The lowest BCUT2D eigenvalue weighted by Crippen LogP contribution is -2.32. The molecule has 1 aliphatic heterocycles. The second-order valence-corrected chi connectivity index (χ2v) is 11.7. The van der Waals surface area contributed by atoms with Crippen LogP contribution in [-0.4, -0.2) is 41.0 Å². The number of anilines is 1. The van der Waals surface area contributed by atoms with Gasteiger partial charge in [0, 0.05) is 34.4 Å². The van der Waals surface area contributed by atoms with Gasteiger partial charge in [-0.1, -0.05) is 36.6 Å². The molecule has 2 aromatic carbocycles. The van der Waals surface area contributed by atoms with E-state index in [4.69, 9.17) is 21.6 Å². The second kappa shape index (κ2) is 10.1. The summed E-state index contributed by atoms with van der Waals surface area (Å²) in [6.45, 7) is 2.09. The molecule has 2 aromatic heterocycles. The minimum absolute atomic E-state index is 0.232. The van der Waals surface area contributed by atoms with Crippen LogP contribution in [0.4, 0.5) is 10.2 Å². The first kappa shape index (κ1) is 23.8. The Kier molecular flexibility index (Phi) is 6.67. The van der Waals surface area contributed by atoms with Crippen molar-refractivity contribution in [3.63, 3.8) is 0 Å². The number of likely N-dealkylation sites (tertiary alicyclic amines) is 1. The minimum atomic E-state index is -0.232. The maximum absolute atomic E-state index is 13.4. The third-order valence-corrected chi connectivity index (χ3v) is 9.26. The van der Waals surface area contributed by atoms with Gasteiger partial charge in [-0.3, -0.25) is 0 Å². The molecule has 3 heterocycles. The lowest BCUT2D eigenvalue weighted by Gasteiger charge is -2.31. The summed E-state index contributed by atoms with van der Waals surface area (Å²) in [5, 5.41) is 5.29. The highest BCUT2D eigenvalue weighted by Crippen LogP contribution is 2.41. The van der Waals surface area contributed by atoms with Crippen LogP contribution in [0.25, 0.3) is 32.0 Å². The highest BCUT2D eigenvalue weighted by molar-refractivity contribution is 7.18. The summed E-state index contributed by atoms with van der Waals surface area (Å²) in [5.41, 5.74) is 1.82. The molecular formula is C29H30ClFN4S. The molecule has 1 aliphatic carbocycles. The molecule has 186 valence electrons. The smallest absolute Gasteiger partial charge is 0.172 e. The molecule has 2 aliphatic rings. The maximum atomic E-state index is 13.4. The van der Waals surface area contributed by atoms with E-state index in [9.17, 15) is 4.39 Å². The van der Waals surface area contributed by atoms with E-state index in [-0.39, 0.29) is 5.82 Å². The number of hydrogen-bond donors (Lipinski definition) is 1. The van der Waals surface area contributed by atoms with E-state index in [1.807, 2.05) is 30.3 Å². The summed E-state index contributed by atoms with van der Waals surface area (Å²) in [4.78, 5) is 14.4. The zero-order valence-electron chi connectivity index (χ0n) is 20.4. The first-order valence-corrected chi connectivity index (χ1v) is 14.0. The Morgan fingerprint density at radius 1 is 1.03 bits per heavy atom. The first-order chi connectivity index (χ1) is 17.5. The van der Waals surface area contributed by atoms with Crippen LogP contribution >= 0.6 is 22.9 Å². The van der Waals surface area contributed by atoms with Gasteiger partial charge in [0.2, 0.25) is 0 Å². The summed E-state index contributed by atoms with van der Waals surface area (Å²) in [6.07, 6.45) is 6.62. The number of thiophene rings is 1. The Morgan fingerprint density at radius 2 is 1.83 bits per heavy atom. The van der Waals surface area contributed by atoms with Gasteiger partial charge in [0.05, 0.1) is 10.4 Å². The zero-order valence-corrected chi connectivity index (χ0v) is 22.0. The normalized spacial score (nSPS) is 22.1. The van der Waals surface area contributed by atoms with Gasteiger partial charge in [0.25, 0.3) is 0 Å². The Balaban J connectivity index is 1.25. The van der Waals surface area contributed by atoms with Crippen molar-refractivity contribution in [2.75, 3.05) is 25.5 Å². The number of nitrogens with zero attached hydrogens (tertiary/aromatic N) is 3. The molecule has 3 atom stereocenters. The molecule has 0 spiro atoms. The van der Waals surface area contributed by atoms with Crippen molar-refractivity contribution in [1.29, 1.82) is 0 Å². The molecule has 0 radical (unpaired) electrons. The maximum Gasteiger partial charge on any atom is 0.172 e. The van der Waals surface area contributed by atoms with Crippen molar-refractivity contribution in [2.24, 2.45) is 11.8 Å².